The van der Waals surface area contributed by atoms with Gasteiger partial charge in [-0.05, 0) is 48.0 Å². The van der Waals surface area contributed by atoms with Crippen LogP contribution in [-0.4, -0.2) is 25.9 Å². The molecule has 0 atom stereocenters. The van der Waals surface area contributed by atoms with Crippen LogP contribution in [0.15, 0.2) is 77.8 Å². The van der Waals surface area contributed by atoms with E-state index in [4.69, 9.17) is 0 Å². The average molecular weight is 463 g/mol. The summed E-state index contributed by atoms with van der Waals surface area (Å²) in [7, 11) is -4.21. The molecule has 0 unspecified atom stereocenters. The van der Waals surface area contributed by atoms with Crippen molar-refractivity contribution in [1.82, 2.24) is 10.3 Å². The summed E-state index contributed by atoms with van der Waals surface area (Å²) in [6.45, 7) is 0.435. The average Bonchev–Trinajstić information content (AvgIpc) is 2.75. The Hall–Kier alpha value is -3.40. The summed E-state index contributed by atoms with van der Waals surface area (Å²) in [5.74, 6) is -0.196. The first-order chi connectivity index (χ1) is 15.1. The highest BCUT2D eigenvalue weighted by Crippen LogP contribution is 2.30. The van der Waals surface area contributed by atoms with Gasteiger partial charge in [-0.1, -0.05) is 24.3 Å². The number of halogens is 3. The Labute approximate surface area is 183 Å². The Kier molecular flexibility index (Phi) is 7.14. The summed E-state index contributed by atoms with van der Waals surface area (Å²) in [6.07, 6.45) is -2.27. The molecule has 2 aromatic carbocycles. The molecule has 0 aliphatic carbocycles. The summed E-state index contributed by atoms with van der Waals surface area (Å²) >= 11 is 0. The number of pyridine rings is 1. The smallest absolute Gasteiger partial charge is 0.355 e. The van der Waals surface area contributed by atoms with Gasteiger partial charge in [-0.15, -0.1) is 0 Å². The summed E-state index contributed by atoms with van der Waals surface area (Å²) in [6, 6.07) is 15.1. The fraction of sp³-hybridized carbons (Fsp3) is 0.182. The van der Waals surface area contributed by atoms with Gasteiger partial charge in [-0.3, -0.25) is 14.5 Å². The molecule has 168 valence electrons. The molecule has 6 nitrogen and oxygen atoms in total. The fourth-order valence-corrected chi connectivity index (χ4v) is 3.97. The predicted octanol–water partition coefficient (Wildman–Crippen LogP) is 3.80. The van der Waals surface area contributed by atoms with Gasteiger partial charge in [-0.25, -0.2) is 8.42 Å². The molecule has 0 bridgehead atoms. The number of benzene rings is 2. The number of alkyl halides is 3. The van der Waals surface area contributed by atoms with Crippen LogP contribution < -0.4 is 10.0 Å². The van der Waals surface area contributed by atoms with E-state index in [0.29, 0.717) is 24.6 Å². The lowest BCUT2D eigenvalue weighted by atomic mass is 10.1. The van der Waals surface area contributed by atoms with Crippen molar-refractivity contribution in [3.8, 4) is 0 Å². The van der Waals surface area contributed by atoms with Gasteiger partial charge in [-0.2, -0.15) is 13.2 Å². The zero-order valence-electron chi connectivity index (χ0n) is 16.8. The number of rotatable bonds is 8. The van der Waals surface area contributed by atoms with Gasteiger partial charge in [0, 0.05) is 30.5 Å². The normalized spacial score (nSPS) is 11.7. The molecule has 2 N–H and O–H groups in total. The van der Waals surface area contributed by atoms with Crippen LogP contribution in [0.2, 0.25) is 0 Å². The molecule has 1 aromatic heterocycles. The van der Waals surface area contributed by atoms with Crippen LogP contribution >= 0.6 is 0 Å². The number of amides is 1. The molecule has 1 heterocycles. The van der Waals surface area contributed by atoms with Crippen LogP contribution in [0, 0.1) is 0 Å². The summed E-state index contributed by atoms with van der Waals surface area (Å²) in [4.78, 5) is 15.8. The maximum atomic E-state index is 12.8. The maximum absolute atomic E-state index is 12.8. The van der Waals surface area contributed by atoms with Gasteiger partial charge in [0.25, 0.3) is 10.0 Å². The first-order valence-corrected chi connectivity index (χ1v) is 11.1. The third-order valence-corrected chi connectivity index (χ3v) is 5.85. The van der Waals surface area contributed by atoms with Gasteiger partial charge in [0.15, 0.2) is 0 Å². The predicted molar refractivity (Wildman–Crippen MR) is 113 cm³/mol. The SMILES string of the molecule is O=C(Cc1ccc(NS(=O)(=O)c2cccc(C(F)(F)F)c2)cc1)NCCc1ccccn1. The van der Waals surface area contributed by atoms with E-state index in [1.54, 1.807) is 18.3 Å². The van der Waals surface area contributed by atoms with Gasteiger partial charge in [0.1, 0.15) is 0 Å². The molecule has 32 heavy (non-hydrogen) atoms. The van der Waals surface area contributed by atoms with Crippen molar-refractivity contribution in [2.24, 2.45) is 0 Å². The third-order valence-electron chi connectivity index (χ3n) is 4.47. The van der Waals surface area contributed by atoms with Crippen molar-refractivity contribution in [1.29, 1.82) is 0 Å². The highest BCUT2D eigenvalue weighted by atomic mass is 32.2. The lowest BCUT2D eigenvalue weighted by Crippen LogP contribution is -2.27. The molecule has 10 heteroatoms. The second-order valence-electron chi connectivity index (χ2n) is 6.93. The van der Waals surface area contributed by atoms with Gasteiger partial charge in [0.2, 0.25) is 5.91 Å². The van der Waals surface area contributed by atoms with Crippen LogP contribution in [0.25, 0.3) is 0 Å². The quantitative estimate of drug-likeness (QED) is 0.532. The Morgan fingerprint density at radius 3 is 2.38 bits per heavy atom. The van der Waals surface area contributed by atoms with Crippen molar-refractivity contribution < 1.29 is 26.4 Å². The molecule has 0 saturated heterocycles. The van der Waals surface area contributed by atoms with E-state index in [1.165, 1.54) is 12.1 Å². The van der Waals surface area contributed by atoms with Crippen LogP contribution in [0.3, 0.4) is 0 Å². The lowest BCUT2D eigenvalue weighted by Gasteiger charge is -2.11. The summed E-state index contributed by atoms with van der Waals surface area (Å²) in [5.41, 5.74) is 0.638. The zero-order chi connectivity index (χ0) is 23.2. The number of hydrogen-bond donors (Lipinski definition) is 2. The first kappa shape index (κ1) is 23.3. The minimum Gasteiger partial charge on any atom is -0.355 e. The van der Waals surface area contributed by atoms with Crippen molar-refractivity contribution in [3.05, 3.63) is 89.7 Å². The minimum atomic E-state index is -4.65. The number of carbonyl (C=O) groups is 1. The Morgan fingerprint density at radius 1 is 0.969 bits per heavy atom. The van der Waals surface area contributed by atoms with E-state index in [9.17, 15) is 26.4 Å². The second-order valence-corrected chi connectivity index (χ2v) is 8.61. The summed E-state index contributed by atoms with van der Waals surface area (Å²) < 4.78 is 65.6. The van der Waals surface area contributed by atoms with Crippen molar-refractivity contribution in [2.75, 3.05) is 11.3 Å². The maximum Gasteiger partial charge on any atom is 0.416 e. The van der Waals surface area contributed by atoms with E-state index in [1.807, 2.05) is 18.2 Å². The van der Waals surface area contributed by atoms with Crippen molar-refractivity contribution in [3.63, 3.8) is 0 Å². The molecule has 0 aliphatic rings. The molecule has 3 rings (SSSR count). The number of carbonyl (C=O) groups excluding carboxylic acids is 1. The number of nitrogens with zero attached hydrogens (tertiary/aromatic N) is 1. The molecule has 3 aromatic rings. The van der Waals surface area contributed by atoms with Gasteiger partial charge < -0.3 is 5.32 Å². The number of anilines is 1. The van der Waals surface area contributed by atoms with E-state index in [-0.39, 0.29) is 18.0 Å². The lowest BCUT2D eigenvalue weighted by molar-refractivity contribution is -0.137. The molecule has 0 fully saturated rings. The van der Waals surface area contributed by atoms with Crippen LogP contribution in [0.1, 0.15) is 16.8 Å². The Balaban J connectivity index is 1.56. The van der Waals surface area contributed by atoms with E-state index in [2.05, 4.69) is 15.0 Å². The van der Waals surface area contributed by atoms with Crippen LogP contribution in [-0.2, 0) is 33.8 Å². The standard InChI is InChI=1S/C22H20F3N3O3S/c23-22(24,25)17-4-3-6-20(15-17)32(30,31)28-19-9-7-16(8-10-19)14-21(29)27-13-11-18-5-1-2-12-26-18/h1-10,12,15,28H,11,13-14H2,(H,27,29). The number of hydrogen-bond acceptors (Lipinski definition) is 4. The molecular weight excluding hydrogens is 443 g/mol. The third kappa shape index (κ3) is 6.55. The van der Waals surface area contributed by atoms with Crippen molar-refractivity contribution >= 4 is 21.6 Å². The number of sulfonamides is 1. The highest BCUT2D eigenvalue weighted by molar-refractivity contribution is 7.92. The molecule has 0 radical (unpaired) electrons. The molecule has 0 aliphatic heterocycles. The molecule has 1 amide bonds. The van der Waals surface area contributed by atoms with E-state index < -0.39 is 26.7 Å². The minimum absolute atomic E-state index is 0.100. The van der Waals surface area contributed by atoms with Gasteiger partial charge in [0.05, 0.1) is 16.9 Å². The van der Waals surface area contributed by atoms with Crippen LogP contribution in [0.5, 0.6) is 0 Å². The largest absolute Gasteiger partial charge is 0.416 e. The number of nitrogens with one attached hydrogen (secondary N) is 2. The molecule has 0 saturated carbocycles. The van der Waals surface area contributed by atoms with Crippen molar-refractivity contribution in [2.45, 2.75) is 23.9 Å². The van der Waals surface area contributed by atoms with Crippen LogP contribution in [0.4, 0.5) is 18.9 Å². The Morgan fingerprint density at radius 2 is 1.72 bits per heavy atom. The van der Waals surface area contributed by atoms with E-state index in [0.717, 1.165) is 23.9 Å². The highest BCUT2D eigenvalue weighted by Gasteiger charge is 2.31. The molecular formula is C22H20F3N3O3S. The second kappa shape index (κ2) is 9.82. The van der Waals surface area contributed by atoms with Gasteiger partial charge >= 0.3 is 6.18 Å². The topological polar surface area (TPSA) is 88.2 Å². The monoisotopic (exact) mass is 463 g/mol. The summed E-state index contributed by atoms with van der Waals surface area (Å²) in [5, 5.41) is 2.79. The fourth-order valence-electron chi connectivity index (χ4n) is 2.87. The van der Waals surface area contributed by atoms with E-state index >= 15 is 0 Å². The Bertz CT molecular complexity index is 1170. The first-order valence-electron chi connectivity index (χ1n) is 9.59. The zero-order valence-corrected chi connectivity index (χ0v) is 17.6. The number of aromatic nitrogens is 1. The molecule has 0 spiro atoms.